The van der Waals surface area contributed by atoms with E-state index in [0.29, 0.717) is 5.02 Å². The van der Waals surface area contributed by atoms with Crippen molar-refractivity contribution < 1.29 is 0 Å². The van der Waals surface area contributed by atoms with Gasteiger partial charge in [0.15, 0.2) is 0 Å². The van der Waals surface area contributed by atoms with E-state index in [2.05, 4.69) is 36.1 Å². The van der Waals surface area contributed by atoms with Crippen molar-refractivity contribution in [3.8, 4) is 22.6 Å². The highest BCUT2D eigenvalue weighted by atomic mass is 35.5. The molecule has 1 N–H and O–H groups in total. The second-order valence-electron chi connectivity index (χ2n) is 5.63. The first-order valence-corrected chi connectivity index (χ1v) is 10.2. The van der Waals surface area contributed by atoms with E-state index in [9.17, 15) is 4.79 Å². The minimum absolute atomic E-state index is 0.133. The van der Waals surface area contributed by atoms with Gasteiger partial charge in [0.05, 0.1) is 0 Å². The summed E-state index contributed by atoms with van der Waals surface area (Å²) < 4.78 is 0. The number of aromatic nitrogens is 1. The molecule has 102 valence electrons. The molecular formula is C16H16ClNOSi. The average molecular weight is 302 g/mol. The summed E-state index contributed by atoms with van der Waals surface area (Å²) in [4.78, 5) is 14.1. The molecule has 0 aliphatic heterocycles. The summed E-state index contributed by atoms with van der Waals surface area (Å²) in [6, 6.07) is 9.00. The molecule has 0 unspecified atom stereocenters. The number of benzene rings is 1. The molecule has 0 radical (unpaired) electrons. The number of aromatic amines is 1. The Morgan fingerprint density at radius 3 is 2.55 bits per heavy atom. The van der Waals surface area contributed by atoms with Crippen LogP contribution in [0.25, 0.3) is 11.1 Å². The Bertz CT molecular complexity index is 747. The van der Waals surface area contributed by atoms with Gasteiger partial charge in [-0.3, -0.25) is 4.79 Å². The summed E-state index contributed by atoms with van der Waals surface area (Å²) >= 11 is 6.07. The molecule has 2 nitrogen and oxygen atoms in total. The third kappa shape index (κ3) is 3.86. The molecule has 0 amide bonds. The van der Waals surface area contributed by atoms with Crippen molar-refractivity contribution in [3.05, 3.63) is 57.5 Å². The van der Waals surface area contributed by atoms with Crippen LogP contribution in [0.1, 0.15) is 5.56 Å². The fourth-order valence-corrected chi connectivity index (χ4v) is 2.41. The van der Waals surface area contributed by atoms with Gasteiger partial charge in [0.2, 0.25) is 5.56 Å². The van der Waals surface area contributed by atoms with E-state index in [1.165, 1.54) is 0 Å². The van der Waals surface area contributed by atoms with E-state index >= 15 is 0 Å². The lowest BCUT2D eigenvalue weighted by Crippen LogP contribution is -2.16. The number of rotatable bonds is 1. The van der Waals surface area contributed by atoms with Gasteiger partial charge in [0, 0.05) is 22.8 Å². The van der Waals surface area contributed by atoms with Crippen molar-refractivity contribution in [1.29, 1.82) is 0 Å². The number of H-pyrrole nitrogens is 1. The standard InChI is InChI=1S/C16H16ClNOSi/c1-20(2,3)9-7-12-4-5-14(17)11-15(12)13-6-8-18-16(19)10-13/h4-6,8,10-11H,1-3H3,(H,18,19). The fourth-order valence-electron chi connectivity index (χ4n) is 1.73. The van der Waals surface area contributed by atoms with Crippen LogP contribution in [0.2, 0.25) is 24.7 Å². The second-order valence-corrected chi connectivity index (χ2v) is 10.8. The van der Waals surface area contributed by atoms with Gasteiger partial charge in [0.1, 0.15) is 8.07 Å². The molecule has 0 atom stereocenters. The van der Waals surface area contributed by atoms with Crippen LogP contribution in [0, 0.1) is 11.5 Å². The predicted octanol–water partition coefficient (Wildman–Crippen LogP) is 3.92. The normalized spacial score (nSPS) is 10.8. The fraction of sp³-hybridized carbons (Fsp3) is 0.188. The third-order valence-electron chi connectivity index (χ3n) is 2.64. The zero-order valence-corrected chi connectivity index (χ0v) is 13.5. The quantitative estimate of drug-likeness (QED) is 0.628. The first-order valence-electron chi connectivity index (χ1n) is 6.37. The van der Waals surface area contributed by atoms with E-state index < -0.39 is 8.07 Å². The van der Waals surface area contributed by atoms with E-state index in [1.54, 1.807) is 12.3 Å². The summed E-state index contributed by atoms with van der Waals surface area (Å²) in [7, 11) is -1.45. The highest BCUT2D eigenvalue weighted by Crippen LogP contribution is 2.25. The largest absolute Gasteiger partial charge is 0.329 e. The second kappa shape index (κ2) is 5.70. The van der Waals surface area contributed by atoms with Crippen LogP contribution in [0.5, 0.6) is 0 Å². The smallest absolute Gasteiger partial charge is 0.248 e. The average Bonchev–Trinajstić information content (AvgIpc) is 2.36. The van der Waals surface area contributed by atoms with Gasteiger partial charge >= 0.3 is 0 Å². The molecule has 0 saturated heterocycles. The van der Waals surface area contributed by atoms with Gasteiger partial charge in [-0.15, -0.1) is 5.54 Å². The van der Waals surface area contributed by atoms with Crippen LogP contribution < -0.4 is 5.56 Å². The van der Waals surface area contributed by atoms with E-state index in [1.807, 2.05) is 24.3 Å². The van der Waals surface area contributed by atoms with Gasteiger partial charge in [-0.05, 0) is 35.4 Å². The number of pyridine rings is 1. The van der Waals surface area contributed by atoms with Crippen LogP contribution in [0.3, 0.4) is 0 Å². The maximum atomic E-state index is 11.5. The Hall–Kier alpha value is -1.76. The Kier molecular flexibility index (Phi) is 4.17. The molecular weight excluding hydrogens is 286 g/mol. The zero-order chi connectivity index (χ0) is 14.8. The molecule has 20 heavy (non-hydrogen) atoms. The Morgan fingerprint density at radius 2 is 1.90 bits per heavy atom. The van der Waals surface area contributed by atoms with Gasteiger partial charge in [-0.25, -0.2) is 0 Å². The molecule has 0 bridgehead atoms. The predicted molar refractivity (Wildman–Crippen MR) is 87.7 cm³/mol. The number of halogens is 1. The lowest BCUT2D eigenvalue weighted by Gasteiger charge is -2.07. The van der Waals surface area contributed by atoms with E-state index in [-0.39, 0.29) is 5.56 Å². The monoisotopic (exact) mass is 301 g/mol. The zero-order valence-electron chi connectivity index (χ0n) is 11.8. The van der Waals surface area contributed by atoms with E-state index in [0.717, 1.165) is 16.7 Å². The number of nitrogens with one attached hydrogen (secondary N) is 1. The molecule has 0 aliphatic rings. The molecule has 4 heteroatoms. The van der Waals surface area contributed by atoms with Crippen LogP contribution in [0.4, 0.5) is 0 Å². The molecule has 1 heterocycles. The molecule has 2 aromatic rings. The molecule has 0 aliphatic carbocycles. The maximum absolute atomic E-state index is 11.5. The maximum Gasteiger partial charge on any atom is 0.248 e. The van der Waals surface area contributed by atoms with Crippen LogP contribution in [0.15, 0.2) is 41.3 Å². The minimum atomic E-state index is -1.45. The van der Waals surface area contributed by atoms with Gasteiger partial charge in [0.25, 0.3) is 0 Å². The Balaban J connectivity index is 2.59. The molecule has 2 rings (SSSR count). The topological polar surface area (TPSA) is 32.9 Å². The van der Waals surface area contributed by atoms with Crippen LogP contribution >= 0.6 is 11.6 Å². The summed E-state index contributed by atoms with van der Waals surface area (Å²) in [5, 5.41) is 0.638. The van der Waals surface area contributed by atoms with Gasteiger partial charge in [-0.2, -0.15) is 0 Å². The van der Waals surface area contributed by atoms with E-state index in [4.69, 9.17) is 11.6 Å². The van der Waals surface area contributed by atoms with Gasteiger partial charge in [-0.1, -0.05) is 37.2 Å². The summed E-state index contributed by atoms with van der Waals surface area (Å²) in [6.45, 7) is 6.59. The number of hydrogen-bond acceptors (Lipinski definition) is 1. The Morgan fingerprint density at radius 1 is 1.15 bits per heavy atom. The molecule has 0 saturated carbocycles. The summed E-state index contributed by atoms with van der Waals surface area (Å²) in [6.07, 6.45) is 1.63. The molecule has 1 aromatic carbocycles. The SMILES string of the molecule is C[Si](C)(C)C#Cc1ccc(Cl)cc1-c1cc[nH]c(=O)c1. The highest BCUT2D eigenvalue weighted by molar-refractivity contribution is 6.83. The van der Waals surface area contributed by atoms with Crippen LogP contribution in [-0.4, -0.2) is 13.1 Å². The molecule has 0 fully saturated rings. The number of hydrogen-bond donors (Lipinski definition) is 1. The third-order valence-corrected chi connectivity index (χ3v) is 3.75. The molecule has 1 aromatic heterocycles. The molecule has 0 spiro atoms. The van der Waals surface area contributed by atoms with Crippen molar-refractivity contribution in [2.24, 2.45) is 0 Å². The minimum Gasteiger partial charge on any atom is -0.329 e. The summed E-state index contributed by atoms with van der Waals surface area (Å²) in [5.41, 5.74) is 5.84. The first-order chi connectivity index (χ1) is 9.35. The van der Waals surface area contributed by atoms with Crippen molar-refractivity contribution in [3.63, 3.8) is 0 Å². The van der Waals surface area contributed by atoms with Gasteiger partial charge < -0.3 is 4.98 Å². The summed E-state index contributed by atoms with van der Waals surface area (Å²) in [5.74, 6) is 3.24. The Labute approximate surface area is 124 Å². The lowest BCUT2D eigenvalue weighted by atomic mass is 10.0. The van der Waals surface area contributed by atoms with Crippen molar-refractivity contribution >= 4 is 19.7 Å². The lowest BCUT2D eigenvalue weighted by molar-refractivity contribution is 1.24. The van der Waals surface area contributed by atoms with Crippen molar-refractivity contribution in [2.75, 3.05) is 0 Å². The van der Waals surface area contributed by atoms with Crippen molar-refractivity contribution in [2.45, 2.75) is 19.6 Å². The van der Waals surface area contributed by atoms with Crippen LogP contribution in [-0.2, 0) is 0 Å². The van der Waals surface area contributed by atoms with Crippen molar-refractivity contribution in [1.82, 2.24) is 4.98 Å². The first kappa shape index (κ1) is 14.6. The highest BCUT2D eigenvalue weighted by Gasteiger charge is 2.09.